The zero-order chi connectivity index (χ0) is 9.07. The fourth-order valence-electron chi connectivity index (χ4n) is 0.439. The molecular weight excluding hydrogens is 174 g/mol. The fourth-order valence-corrected chi connectivity index (χ4v) is 1.02. The maximum atomic E-state index is 10.4. The van der Waals surface area contributed by atoms with Gasteiger partial charge in [-0.15, -0.1) is 0 Å². The van der Waals surface area contributed by atoms with Gasteiger partial charge in [-0.25, -0.2) is 8.42 Å². The molecule has 11 heavy (non-hydrogen) atoms. The van der Waals surface area contributed by atoms with Gasteiger partial charge < -0.3 is 15.0 Å². The number of ether oxygens (including phenoxy) is 1. The Bertz CT molecular complexity index is 233. The van der Waals surface area contributed by atoms with Gasteiger partial charge in [0.15, 0.2) is 0 Å². The molecule has 1 atom stereocenters. The summed E-state index contributed by atoms with van der Waals surface area (Å²) in [6, 6.07) is -1.39. The first-order chi connectivity index (χ1) is 4.87. The minimum absolute atomic E-state index is 0.913. The molecule has 0 aromatic heterocycles. The molecule has 0 aliphatic rings. The molecular formula is C4H8NO5S-. The Morgan fingerprint density at radius 1 is 1.73 bits per heavy atom. The van der Waals surface area contributed by atoms with Gasteiger partial charge in [0, 0.05) is 0 Å². The molecule has 0 amide bonds. The van der Waals surface area contributed by atoms with Crippen molar-refractivity contribution in [2.45, 2.75) is 6.04 Å². The lowest BCUT2D eigenvalue weighted by molar-refractivity contribution is -0.141. The summed E-state index contributed by atoms with van der Waals surface area (Å²) in [5.41, 5.74) is 4.96. The maximum absolute atomic E-state index is 10.4. The molecule has 0 aromatic rings. The molecule has 0 aliphatic carbocycles. The number of hydrogen-bond acceptors (Lipinski definition) is 6. The van der Waals surface area contributed by atoms with Crippen LogP contribution in [-0.4, -0.2) is 37.8 Å². The summed E-state index contributed by atoms with van der Waals surface area (Å²) in [5.74, 6) is -1.84. The van der Waals surface area contributed by atoms with Crippen molar-refractivity contribution in [3.8, 4) is 0 Å². The highest BCUT2D eigenvalue weighted by atomic mass is 32.2. The smallest absolute Gasteiger partial charge is 0.323 e. The first-order valence-corrected chi connectivity index (χ1v) is 4.21. The van der Waals surface area contributed by atoms with Crippen LogP contribution in [0.5, 0.6) is 0 Å². The zero-order valence-electron chi connectivity index (χ0n) is 5.81. The molecule has 0 rings (SSSR count). The van der Waals surface area contributed by atoms with Crippen LogP contribution in [0.3, 0.4) is 0 Å². The van der Waals surface area contributed by atoms with Crippen LogP contribution in [0.1, 0.15) is 0 Å². The summed E-state index contributed by atoms with van der Waals surface area (Å²) >= 11 is 0. The van der Waals surface area contributed by atoms with Gasteiger partial charge >= 0.3 is 5.97 Å². The van der Waals surface area contributed by atoms with Crippen molar-refractivity contribution in [2.24, 2.45) is 5.73 Å². The first kappa shape index (κ1) is 10.3. The monoisotopic (exact) mass is 182 g/mol. The first-order valence-electron chi connectivity index (χ1n) is 2.64. The number of nitrogens with two attached hydrogens (primary N) is 1. The van der Waals surface area contributed by atoms with Gasteiger partial charge in [0.1, 0.15) is 6.04 Å². The quantitative estimate of drug-likeness (QED) is 0.400. The van der Waals surface area contributed by atoms with E-state index in [9.17, 15) is 17.8 Å². The normalized spacial score (nSPS) is 14.1. The number of carbonyl (C=O) groups is 1. The van der Waals surface area contributed by atoms with Crippen LogP contribution in [0.2, 0.25) is 0 Å². The Labute approximate surface area is 64.1 Å². The predicted molar refractivity (Wildman–Crippen MR) is 34.6 cm³/mol. The van der Waals surface area contributed by atoms with E-state index < -0.39 is 27.9 Å². The molecule has 0 bridgehead atoms. The van der Waals surface area contributed by atoms with E-state index in [1.165, 1.54) is 0 Å². The summed E-state index contributed by atoms with van der Waals surface area (Å²) < 4.78 is 34.1. The molecule has 66 valence electrons. The van der Waals surface area contributed by atoms with E-state index in [0.29, 0.717) is 0 Å². The molecule has 7 heteroatoms. The minimum Gasteiger partial charge on any atom is -0.748 e. The lowest BCUT2D eigenvalue weighted by atomic mass is 10.4. The average molecular weight is 182 g/mol. The highest BCUT2D eigenvalue weighted by molar-refractivity contribution is 7.85. The van der Waals surface area contributed by atoms with Crippen LogP contribution in [0.25, 0.3) is 0 Å². The molecule has 0 aromatic carbocycles. The van der Waals surface area contributed by atoms with E-state index in [0.717, 1.165) is 7.11 Å². The second-order valence-electron chi connectivity index (χ2n) is 1.85. The van der Waals surface area contributed by atoms with Gasteiger partial charge in [0.2, 0.25) is 0 Å². The van der Waals surface area contributed by atoms with Crippen LogP contribution in [0, 0.1) is 0 Å². The molecule has 0 saturated heterocycles. The lowest BCUT2D eigenvalue weighted by Crippen LogP contribution is -2.38. The van der Waals surface area contributed by atoms with Crippen molar-refractivity contribution in [3.05, 3.63) is 0 Å². The van der Waals surface area contributed by atoms with Gasteiger partial charge in [-0.05, 0) is 0 Å². The van der Waals surface area contributed by atoms with E-state index in [-0.39, 0.29) is 0 Å². The highest BCUT2D eigenvalue weighted by Crippen LogP contribution is 1.89. The summed E-state index contributed by atoms with van der Waals surface area (Å²) in [6.07, 6.45) is 0. The largest absolute Gasteiger partial charge is 0.748 e. The van der Waals surface area contributed by atoms with Gasteiger partial charge in [-0.3, -0.25) is 4.79 Å². The third-order valence-electron chi connectivity index (χ3n) is 0.888. The van der Waals surface area contributed by atoms with Crippen LogP contribution in [0.4, 0.5) is 0 Å². The summed E-state index contributed by atoms with van der Waals surface area (Å²) in [7, 11) is -3.40. The number of rotatable bonds is 3. The summed E-state index contributed by atoms with van der Waals surface area (Å²) in [5, 5.41) is 0. The Balaban J connectivity index is 4.09. The van der Waals surface area contributed by atoms with Gasteiger partial charge in [0.25, 0.3) is 0 Å². The highest BCUT2D eigenvalue weighted by Gasteiger charge is 2.16. The second kappa shape index (κ2) is 3.65. The van der Waals surface area contributed by atoms with E-state index in [2.05, 4.69) is 4.74 Å². The Morgan fingerprint density at radius 3 is 2.45 bits per heavy atom. The molecule has 6 nitrogen and oxygen atoms in total. The molecule has 0 aliphatic heterocycles. The van der Waals surface area contributed by atoms with Crippen molar-refractivity contribution in [3.63, 3.8) is 0 Å². The van der Waals surface area contributed by atoms with E-state index in [4.69, 9.17) is 5.73 Å². The molecule has 0 radical (unpaired) electrons. The Kier molecular flexibility index (Phi) is 3.43. The molecule has 0 saturated carbocycles. The number of carbonyl (C=O) groups excluding carboxylic acids is 1. The molecule has 0 heterocycles. The van der Waals surface area contributed by atoms with E-state index in [1.54, 1.807) is 0 Å². The third kappa shape index (κ3) is 4.71. The average Bonchev–Trinajstić information content (AvgIpc) is 1.82. The summed E-state index contributed by atoms with van der Waals surface area (Å²) in [6.45, 7) is 0. The van der Waals surface area contributed by atoms with Gasteiger partial charge in [-0.2, -0.15) is 0 Å². The number of hydrogen-bond donors (Lipinski definition) is 1. The van der Waals surface area contributed by atoms with Gasteiger partial charge in [-0.1, -0.05) is 0 Å². The fraction of sp³-hybridized carbons (Fsp3) is 0.750. The predicted octanol–water partition coefficient (Wildman–Crippen LogP) is -1.97. The topological polar surface area (TPSA) is 110 Å². The van der Waals surface area contributed by atoms with E-state index >= 15 is 0 Å². The van der Waals surface area contributed by atoms with Crippen LogP contribution >= 0.6 is 0 Å². The van der Waals surface area contributed by atoms with Crippen LogP contribution < -0.4 is 5.73 Å². The lowest BCUT2D eigenvalue weighted by Gasteiger charge is -2.11. The SMILES string of the molecule is COC(=O)C(N)CS(=O)(=O)[O-]. The number of methoxy groups -OCH3 is 1. The molecule has 0 fully saturated rings. The number of esters is 1. The van der Waals surface area contributed by atoms with Crippen molar-refractivity contribution in [1.29, 1.82) is 0 Å². The van der Waals surface area contributed by atoms with Gasteiger partial charge in [0.05, 0.1) is 23.0 Å². The van der Waals surface area contributed by atoms with Crippen molar-refractivity contribution in [1.82, 2.24) is 0 Å². The van der Waals surface area contributed by atoms with Crippen molar-refractivity contribution < 1.29 is 22.5 Å². The van der Waals surface area contributed by atoms with E-state index in [1.807, 2.05) is 0 Å². The molecule has 2 N–H and O–H groups in total. The second-order valence-corrected chi connectivity index (χ2v) is 3.30. The Hall–Kier alpha value is -0.660. The summed E-state index contributed by atoms with van der Waals surface area (Å²) in [4.78, 5) is 10.4. The maximum Gasteiger partial charge on any atom is 0.323 e. The zero-order valence-corrected chi connectivity index (χ0v) is 6.63. The van der Waals surface area contributed by atoms with Crippen molar-refractivity contribution >= 4 is 16.1 Å². The third-order valence-corrected chi connectivity index (χ3v) is 1.65. The minimum atomic E-state index is -4.45. The van der Waals surface area contributed by atoms with Crippen LogP contribution in [0.15, 0.2) is 0 Å². The Morgan fingerprint density at radius 2 is 2.18 bits per heavy atom. The standard InChI is InChI=1S/C4H9NO5S/c1-10-4(6)3(5)2-11(7,8)9/h3H,2,5H2,1H3,(H,7,8,9)/p-1. The van der Waals surface area contributed by atoms with Crippen molar-refractivity contribution in [2.75, 3.05) is 12.9 Å². The van der Waals surface area contributed by atoms with Crippen LogP contribution in [-0.2, 0) is 19.6 Å². The molecule has 1 unspecified atom stereocenters. The molecule has 0 spiro atoms.